The molecule has 0 aliphatic carbocycles. The number of H-pyrrole nitrogens is 1. The fourth-order valence-electron chi connectivity index (χ4n) is 5.36. The summed E-state index contributed by atoms with van der Waals surface area (Å²) in [4.78, 5) is 34.3. The van der Waals surface area contributed by atoms with E-state index in [1.165, 1.54) is 11.1 Å². The van der Waals surface area contributed by atoms with Crippen LogP contribution < -0.4 is 0 Å². The van der Waals surface area contributed by atoms with Gasteiger partial charge in [0.25, 0.3) is 5.91 Å². The Bertz CT molecular complexity index is 1180. The van der Waals surface area contributed by atoms with E-state index in [1.807, 2.05) is 24.0 Å². The quantitative estimate of drug-likeness (QED) is 0.698. The summed E-state index contributed by atoms with van der Waals surface area (Å²) in [6, 6.07) is 16.7. The second kappa shape index (κ2) is 6.98. The van der Waals surface area contributed by atoms with E-state index in [4.69, 9.17) is 0 Å². The number of hydrogen-bond acceptors (Lipinski definition) is 2. The van der Waals surface area contributed by atoms with Crippen molar-refractivity contribution in [1.29, 1.82) is 0 Å². The van der Waals surface area contributed by atoms with Crippen LogP contribution in [0, 0.1) is 12.8 Å². The highest BCUT2D eigenvalue weighted by atomic mass is 16.2. The Morgan fingerprint density at radius 3 is 2.52 bits per heavy atom. The number of nitrogens with zero attached hydrogens (tertiary/aromatic N) is 2. The summed E-state index contributed by atoms with van der Waals surface area (Å²) in [5, 5.41) is 1.13. The molecule has 5 rings (SSSR count). The molecule has 1 fully saturated rings. The van der Waals surface area contributed by atoms with Crippen molar-refractivity contribution in [3.05, 3.63) is 70.9 Å². The SMILES string of the molecule is Cc1ccc(C2CN3C(=O)CN(CC(C)C)C(=O)C3(C)c3[nH]c4ccccc4c32)cc1. The Morgan fingerprint density at radius 1 is 1.10 bits per heavy atom. The zero-order valence-electron chi connectivity index (χ0n) is 18.6. The summed E-state index contributed by atoms with van der Waals surface area (Å²) in [6.07, 6.45) is 0. The molecule has 0 spiro atoms. The van der Waals surface area contributed by atoms with Gasteiger partial charge in [0.2, 0.25) is 5.91 Å². The molecule has 3 aromatic rings. The number of benzene rings is 2. The van der Waals surface area contributed by atoms with Crippen LogP contribution in [-0.4, -0.2) is 46.2 Å². The second-order valence-corrected chi connectivity index (χ2v) is 9.58. The van der Waals surface area contributed by atoms with Gasteiger partial charge in [-0.05, 0) is 37.0 Å². The molecule has 3 heterocycles. The van der Waals surface area contributed by atoms with Gasteiger partial charge in [-0.15, -0.1) is 0 Å². The highest BCUT2D eigenvalue weighted by Gasteiger charge is 2.56. The highest BCUT2D eigenvalue weighted by molar-refractivity contribution is 6.01. The number of para-hydroxylation sites is 1. The number of nitrogens with one attached hydrogen (secondary N) is 1. The monoisotopic (exact) mass is 415 g/mol. The van der Waals surface area contributed by atoms with Crippen molar-refractivity contribution in [2.75, 3.05) is 19.6 Å². The lowest BCUT2D eigenvalue weighted by molar-refractivity contribution is -0.166. The van der Waals surface area contributed by atoms with Crippen LogP contribution in [0.2, 0.25) is 0 Å². The summed E-state index contributed by atoms with van der Waals surface area (Å²) in [5.74, 6) is 0.353. The first-order valence-corrected chi connectivity index (χ1v) is 11.1. The summed E-state index contributed by atoms with van der Waals surface area (Å²) in [6.45, 7) is 9.40. The van der Waals surface area contributed by atoms with E-state index < -0.39 is 5.54 Å². The number of amides is 2. The molecule has 2 amide bonds. The molecule has 2 aliphatic heterocycles. The van der Waals surface area contributed by atoms with Gasteiger partial charge in [0, 0.05) is 29.9 Å². The summed E-state index contributed by atoms with van der Waals surface area (Å²) >= 11 is 0. The maximum absolute atomic E-state index is 13.8. The average molecular weight is 416 g/mol. The van der Waals surface area contributed by atoms with Crippen LogP contribution in [0.4, 0.5) is 0 Å². The molecule has 31 heavy (non-hydrogen) atoms. The van der Waals surface area contributed by atoms with Crippen LogP contribution in [0.25, 0.3) is 10.9 Å². The van der Waals surface area contributed by atoms with Gasteiger partial charge >= 0.3 is 0 Å². The minimum atomic E-state index is -1.01. The van der Waals surface area contributed by atoms with Crippen molar-refractivity contribution in [2.45, 2.75) is 39.2 Å². The first-order chi connectivity index (χ1) is 14.8. The molecular weight excluding hydrogens is 386 g/mol. The molecular formula is C26H29N3O2. The zero-order valence-corrected chi connectivity index (χ0v) is 18.6. The summed E-state index contributed by atoms with van der Waals surface area (Å²) < 4.78 is 0. The Morgan fingerprint density at radius 2 is 1.81 bits per heavy atom. The number of aromatic nitrogens is 1. The van der Waals surface area contributed by atoms with Gasteiger partial charge < -0.3 is 14.8 Å². The lowest BCUT2D eigenvalue weighted by Crippen LogP contribution is -2.67. The molecule has 1 N–H and O–H groups in total. The van der Waals surface area contributed by atoms with E-state index in [0.717, 1.165) is 22.2 Å². The maximum Gasteiger partial charge on any atom is 0.254 e. The normalized spacial score (nSPS) is 23.5. The molecule has 0 saturated carbocycles. The number of fused-ring (bicyclic) bond motifs is 5. The van der Waals surface area contributed by atoms with E-state index in [1.54, 1.807) is 4.90 Å². The van der Waals surface area contributed by atoms with E-state index in [-0.39, 0.29) is 24.3 Å². The first kappa shape index (κ1) is 19.9. The number of aromatic amines is 1. The molecule has 0 bridgehead atoms. The van der Waals surface area contributed by atoms with Gasteiger partial charge in [0.05, 0.1) is 12.2 Å². The van der Waals surface area contributed by atoms with Gasteiger partial charge in [0.15, 0.2) is 5.54 Å². The average Bonchev–Trinajstić information content (AvgIpc) is 3.13. The zero-order chi connectivity index (χ0) is 21.9. The van der Waals surface area contributed by atoms with Gasteiger partial charge in [-0.2, -0.15) is 0 Å². The predicted octanol–water partition coefficient (Wildman–Crippen LogP) is 4.16. The van der Waals surface area contributed by atoms with Crippen LogP contribution in [0.3, 0.4) is 0 Å². The molecule has 2 unspecified atom stereocenters. The largest absolute Gasteiger partial charge is 0.356 e. The van der Waals surface area contributed by atoms with E-state index in [2.05, 4.69) is 62.2 Å². The van der Waals surface area contributed by atoms with Gasteiger partial charge in [-0.1, -0.05) is 61.9 Å². The number of piperazine rings is 1. The number of carbonyl (C=O) groups excluding carboxylic acids is 2. The third-order valence-electron chi connectivity index (χ3n) is 6.88. The Labute approximate surface area is 183 Å². The Hall–Kier alpha value is -3.08. The molecule has 2 aromatic carbocycles. The van der Waals surface area contributed by atoms with E-state index in [0.29, 0.717) is 19.0 Å². The van der Waals surface area contributed by atoms with Crippen LogP contribution in [-0.2, 0) is 15.1 Å². The predicted molar refractivity (Wildman–Crippen MR) is 122 cm³/mol. The van der Waals surface area contributed by atoms with E-state index >= 15 is 0 Å². The van der Waals surface area contributed by atoms with Crippen LogP contribution >= 0.6 is 0 Å². The number of carbonyl (C=O) groups is 2. The first-order valence-electron chi connectivity index (χ1n) is 11.1. The molecule has 0 radical (unpaired) electrons. The summed E-state index contributed by atoms with van der Waals surface area (Å²) in [5.41, 5.74) is 4.37. The minimum absolute atomic E-state index is 0.0102. The fourth-order valence-corrected chi connectivity index (χ4v) is 5.36. The van der Waals surface area contributed by atoms with Gasteiger partial charge in [-0.3, -0.25) is 9.59 Å². The molecule has 2 aliphatic rings. The number of aryl methyl sites for hydroxylation is 1. The van der Waals surface area contributed by atoms with Gasteiger partial charge in [0.1, 0.15) is 0 Å². The number of hydrogen-bond donors (Lipinski definition) is 1. The van der Waals surface area contributed by atoms with Crippen LogP contribution in [0.1, 0.15) is 49.1 Å². The maximum atomic E-state index is 13.8. The molecule has 160 valence electrons. The van der Waals surface area contributed by atoms with Crippen LogP contribution in [0.5, 0.6) is 0 Å². The smallest absolute Gasteiger partial charge is 0.254 e. The minimum Gasteiger partial charge on any atom is -0.356 e. The highest BCUT2D eigenvalue weighted by Crippen LogP contribution is 2.48. The van der Waals surface area contributed by atoms with Crippen molar-refractivity contribution in [3.63, 3.8) is 0 Å². The topological polar surface area (TPSA) is 56.4 Å². The molecule has 1 aromatic heterocycles. The molecule has 5 heteroatoms. The molecule has 1 saturated heterocycles. The summed E-state index contributed by atoms with van der Waals surface area (Å²) in [7, 11) is 0. The van der Waals surface area contributed by atoms with Crippen molar-refractivity contribution in [3.8, 4) is 0 Å². The van der Waals surface area contributed by atoms with Gasteiger partial charge in [-0.25, -0.2) is 0 Å². The third-order valence-corrected chi connectivity index (χ3v) is 6.88. The Kier molecular flexibility index (Phi) is 4.47. The third kappa shape index (κ3) is 2.90. The Balaban J connectivity index is 1.73. The van der Waals surface area contributed by atoms with Crippen molar-refractivity contribution >= 4 is 22.7 Å². The second-order valence-electron chi connectivity index (χ2n) is 9.58. The van der Waals surface area contributed by atoms with Crippen molar-refractivity contribution in [2.24, 2.45) is 5.92 Å². The van der Waals surface area contributed by atoms with Crippen LogP contribution in [0.15, 0.2) is 48.5 Å². The lowest BCUT2D eigenvalue weighted by Gasteiger charge is -2.51. The van der Waals surface area contributed by atoms with E-state index in [9.17, 15) is 9.59 Å². The lowest BCUT2D eigenvalue weighted by atomic mass is 9.76. The van der Waals surface area contributed by atoms with Crippen molar-refractivity contribution < 1.29 is 9.59 Å². The fraction of sp³-hybridized carbons (Fsp3) is 0.385. The standard InChI is InChI=1S/C26H29N3O2/c1-16(2)13-28-15-22(30)29-14-20(18-11-9-17(3)10-12-18)23-19-7-5-6-8-21(19)27-24(23)26(29,4)25(28)31/h5-12,16,20,27H,13-15H2,1-4H3. The van der Waals surface area contributed by atoms with Crippen molar-refractivity contribution in [1.82, 2.24) is 14.8 Å². The molecule has 2 atom stereocenters. The number of rotatable bonds is 3. The molecule has 5 nitrogen and oxygen atoms in total.